The van der Waals surface area contributed by atoms with Crippen LogP contribution in [-0.4, -0.2) is 20.9 Å². The van der Waals surface area contributed by atoms with Crippen molar-refractivity contribution in [2.75, 3.05) is 6.54 Å². The molecule has 6 nitrogen and oxygen atoms in total. The van der Waals surface area contributed by atoms with Crippen LogP contribution in [0.3, 0.4) is 0 Å². The molecule has 0 heterocycles. The lowest BCUT2D eigenvalue weighted by molar-refractivity contribution is -0.120. The highest BCUT2D eigenvalue weighted by atomic mass is 35.5. The molecule has 0 aliphatic heterocycles. The number of carbonyl (C=O) groups is 1. The number of nitrogens with one attached hydrogen (secondary N) is 2. The molecule has 8 heteroatoms. The van der Waals surface area contributed by atoms with Crippen molar-refractivity contribution in [3.05, 3.63) is 64.7 Å². The standard InChI is InChI=1S/C17H16ClN3O3S/c1-12(13-6-8-15(18)9-7-13)21-17(22)11-20-25(23,24)16-5-3-2-4-14(16)10-19/h2-9,12,20H,11H2,1H3,(H,21,22)/t12-/m0/s1. The summed E-state index contributed by atoms with van der Waals surface area (Å²) >= 11 is 5.82. The summed E-state index contributed by atoms with van der Waals surface area (Å²) in [6.45, 7) is 1.35. The zero-order valence-corrected chi connectivity index (χ0v) is 14.9. The Morgan fingerprint density at radius 3 is 2.48 bits per heavy atom. The van der Waals surface area contributed by atoms with E-state index in [2.05, 4.69) is 10.0 Å². The van der Waals surface area contributed by atoms with Crippen LogP contribution in [0.25, 0.3) is 0 Å². The zero-order chi connectivity index (χ0) is 18.4. The molecule has 1 atom stereocenters. The molecule has 130 valence electrons. The normalized spacial score (nSPS) is 12.2. The third kappa shape index (κ3) is 5.03. The van der Waals surface area contributed by atoms with Gasteiger partial charge in [-0.1, -0.05) is 35.9 Å². The van der Waals surface area contributed by atoms with Gasteiger partial charge < -0.3 is 5.32 Å². The van der Waals surface area contributed by atoms with E-state index < -0.39 is 22.5 Å². The maximum absolute atomic E-state index is 12.3. The van der Waals surface area contributed by atoms with Crippen molar-refractivity contribution in [3.8, 4) is 6.07 Å². The van der Waals surface area contributed by atoms with E-state index in [4.69, 9.17) is 16.9 Å². The van der Waals surface area contributed by atoms with Crippen LogP contribution < -0.4 is 10.0 Å². The Labute approximate surface area is 151 Å². The van der Waals surface area contributed by atoms with Gasteiger partial charge in [0.05, 0.1) is 23.0 Å². The van der Waals surface area contributed by atoms with Gasteiger partial charge in [-0.25, -0.2) is 13.1 Å². The number of nitrogens with zero attached hydrogens (tertiary/aromatic N) is 1. The van der Waals surface area contributed by atoms with Crippen LogP contribution in [0.5, 0.6) is 0 Å². The highest BCUT2D eigenvalue weighted by Gasteiger charge is 2.19. The molecule has 0 aliphatic rings. The number of halogens is 1. The SMILES string of the molecule is C[C@H](NC(=O)CNS(=O)(=O)c1ccccc1C#N)c1ccc(Cl)cc1. The first kappa shape index (κ1) is 18.9. The topological polar surface area (TPSA) is 99.1 Å². The Kier molecular flexibility index (Phi) is 6.15. The fourth-order valence-corrected chi connectivity index (χ4v) is 3.42. The van der Waals surface area contributed by atoms with Crippen LogP contribution >= 0.6 is 11.6 Å². The van der Waals surface area contributed by atoms with Crippen LogP contribution in [0, 0.1) is 11.3 Å². The van der Waals surface area contributed by atoms with Gasteiger partial charge in [0, 0.05) is 5.02 Å². The molecule has 0 fully saturated rings. The molecule has 25 heavy (non-hydrogen) atoms. The molecular weight excluding hydrogens is 362 g/mol. The highest BCUT2D eigenvalue weighted by Crippen LogP contribution is 2.16. The Balaban J connectivity index is 1.99. The molecule has 0 spiro atoms. The maximum Gasteiger partial charge on any atom is 0.242 e. The first-order valence-electron chi connectivity index (χ1n) is 7.37. The smallest absolute Gasteiger partial charge is 0.242 e. The van der Waals surface area contributed by atoms with E-state index in [1.54, 1.807) is 37.3 Å². The minimum atomic E-state index is -3.95. The van der Waals surface area contributed by atoms with E-state index in [0.717, 1.165) is 5.56 Å². The summed E-state index contributed by atoms with van der Waals surface area (Å²) in [4.78, 5) is 11.8. The van der Waals surface area contributed by atoms with Gasteiger partial charge in [-0.2, -0.15) is 5.26 Å². The summed E-state index contributed by atoms with van der Waals surface area (Å²) in [5, 5.41) is 12.3. The van der Waals surface area contributed by atoms with Gasteiger partial charge in [0.2, 0.25) is 15.9 Å². The van der Waals surface area contributed by atoms with Gasteiger partial charge >= 0.3 is 0 Å². The first-order valence-corrected chi connectivity index (χ1v) is 9.23. The van der Waals surface area contributed by atoms with E-state index in [-0.39, 0.29) is 16.5 Å². The highest BCUT2D eigenvalue weighted by molar-refractivity contribution is 7.89. The van der Waals surface area contributed by atoms with Crippen molar-refractivity contribution in [1.82, 2.24) is 10.0 Å². The van der Waals surface area contributed by atoms with Gasteiger partial charge in [0.1, 0.15) is 6.07 Å². The quantitative estimate of drug-likeness (QED) is 0.807. The van der Waals surface area contributed by atoms with Crippen LogP contribution in [0.4, 0.5) is 0 Å². The molecule has 1 amide bonds. The molecule has 0 bridgehead atoms. The number of sulfonamides is 1. The maximum atomic E-state index is 12.3. The first-order chi connectivity index (χ1) is 11.8. The fourth-order valence-electron chi connectivity index (χ4n) is 2.16. The summed E-state index contributed by atoms with van der Waals surface area (Å²) in [5.74, 6) is -0.486. The average Bonchev–Trinajstić information content (AvgIpc) is 2.60. The van der Waals surface area contributed by atoms with Crippen molar-refractivity contribution in [2.45, 2.75) is 17.9 Å². The monoisotopic (exact) mass is 377 g/mol. The number of nitriles is 1. The molecule has 0 saturated heterocycles. The van der Waals surface area contributed by atoms with E-state index >= 15 is 0 Å². The largest absolute Gasteiger partial charge is 0.348 e. The number of amides is 1. The lowest BCUT2D eigenvalue weighted by atomic mass is 10.1. The summed E-state index contributed by atoms with van der Waals surface area (Å²) in [6.07, 6.45) is 0. The van der Waals surface area contributed by atoms with E-state index in [9.17, 15) is 13.2 Å². The summed E-state index contributed by atoms with van der Waals surface area (Å²) in [6, 6.07) is 14.3. The Hall–Kier alpha value is -2.40. The van der Waals surface area contributed by atoms with Gasteiger partial charge in [-0.3, -0.25) is 4.79 Å². The lowest BCUT2D eigenvalue weighted by Gasteiger charge is -2.15. The summed E-state index contributed by atoms with van der Waals surface area (Å²) in [5.41, 5.74) is 0.861. The predicted octanol–water partition coefficient (Wildman–Crippen LogP) is 2.37. The minimum absolute atomic E-state index is 0.0185. The average molecular weight is 378 g/mol. The van der Waals surface area contributed by atoms with Crippen LogP contribution in [0.15, 0.2) is 53.4 Å². The summed E-state index contributed by atoms with van der Waals surface area (Å²) < 4.78 is 26.7. The lowest BCUT2D eigenvalue weighted by Crippen LogP contribution is -2.38. The molecule has 2 rings (SSSR count). The molecule has 0 unspecified atom stereocenters. The Morgan fingerprint density at radius 1 is 1.20 bits per heavy atom. The molecule has 0 saturated carbocycles. The van der Waals surface area contributed by atoms with Gasteiger partial charge in [-0.15, -0.1) is 0 Å². The van der Waals surface area contributed by atoms with Crippen molar-refractivity contribution in [1.29, 1.82) is 5.26 Å². The molecule has 2 N–H and O–H groups in total. The number of rotatable bonds is 6. The van der Waals surface area contributed by atoms with E-state index in [0.29, 0.717) is 5.02 Å². The summed E-state index contributed by atoms with van der Waals surface area (Å²) in [7, 11) is -3.95. The van der Waals surface area contributed by atoms with Crippen molar-refractivity contribution < 1.29 is 13.2 Å². The minimum Gasteiger partial charge on any atom is -0.348 e. The fraction of sp³-hybridized carbons (Fsp3) is 0.176. The van der Waals surface area contributed by atoms with Crippen LogP contribution in [0.2, 0.25) is 5.02 Å². The molecule has 2 aromatic rings. The van der Waals surface area contributed by atoms with Gasteiger partial charge in [0.15, 0.2) is 0 Å². The molecule has 2 aromatic carbocycles. The number of benzene rings is 2. The molecule has 0 radical (unpaired) electrons. The molecule has 0 aromatic heterocycles. The second-order valence-corrected chi connectivity index (χ2v) is 7.45. The predicted molar refractivity (Wildman–Crippen MR) is 94.4 cm³/mol. The van der Waals surface area contributed by atoms with Gasteiger partial charge in [-0.05, 0) is 36.8 Å². The molecule has 0 aliphatic carbocycles. The second kappa shape index (κ2) is 8.12. The third-order valence-electron chi connectivity index (χ3n) is 3.47. The van der Waals surface area contributed by atoms with Crippen molar-refractivity contribution in [2.24, 2.45) is 0 Å². The number of hydrogen-bond donors (Lipinski definition) is 2. The molecular formula is C17H16ClN3O3S. The Bertz CT molecular complexity index is 905. The third-order valence-corrected chi connectivity index (χ3v) is 5.18. The van der Waals surface area contributed by atoms with E-state index in [1.165, 1.54) is 18.2 Å². The number of hydrogen-bond acceptors (Lipinski definition) is 4. The van der Waals surface area contributed by atoms with Crippen molar-refractivity contribution in [3.63, 3.8) is 0 Å². The number of carbonyl (C=O) groups excluding carboxylic acids is 1. The van der Waals surface area contributed by atoms with E-state index in [1.807, 2.05) is 6.07 Å². The second-order valence-electron chi connectivity index (χ2n) is 5.27. The van der Waals surface area contributed by atoms with Crippen LogP contribution in [-0.2, 0) is 14.8 Å². The van der Waals surface area contributed by atoms with Crippen LogP contribution in [0.1, 0.15) is 24.1 Å². The van der Waals surface area contributed by atoms with Crippen molar-refractivity contribution >= 4 is 27.5 Å². The zero-order valence-electron chi connectivity index (χ0n) is 13.4. The van der Waals surface area contributed by atoms with Gasteiger partial charge in [0.25, 0.3) is 0 Å². The Morgan fingerprint density at radius 2 is 1.84 bits per heavy atom.